The first kappa shape index (κ1) is 37.7. The number of esters is 1. The average molecular weight is 732 g/mol. The van der Waals surface area contributed by atoms with Crippen LogP contribution in [0.1, 0.15) is 84.3 Å². The van der Waals surface area contributed by atoms with Gasteiger partial charge < -0.3 is 9.47 Å². The molecular formula is C36H31F10NO4. The van der Waals surface area contributed by atoms with E-state index in [9.17, 15) is 49.1 Å². The van der Waals surface area contributed by atoms with Gasteiger partial charge in [-0.3, -0.25) is 4.90 Å². The van der Waals surface area contributed by atoms with E-state index in [0.717, 1.165) is 36.3 Å². The average Bonchev–Trinajstić information content (AvgIpc) is 3.30. The Kier molecular flexibility index (Phi) is 9.76. The standard InChI is InChI=1S/C36H31F10NO4/c1-18-30(22-10-24(34(38,39)40)15-25(11-22)35(41,42)43)51-32(49)47(18)17-23-16-33(2,3)8-7-27(23)20-9-21(13-26(37)12-20)28-6-5-19(31(48)50-4)14-29(28)36(44,45)46/h5-6,9-15,18,30H,7-8,16-17H2,1-4H3/t18-,30-/m0/s1. The van der Waals surface area contributed by atoms with Crippen LogP contribution in [0.3, 0.4) is 0 Å². The maximum Gasteiger partial charge on any atom is 0.417 e. The predicted molar refractivity (Wildman–Crippen MR) is 165 cm³/mol. The normalized spacial score (nSPS) is 19.7. The minimum Gasteiger partial charge on any atom is -0.465 e. The van der Waals surface area contributed by atoms with Crippen LogP contribution in [0.2, 0.25) is 0 Å². The molecule has 0 N–H and O–H groups in total. The number of cyclic esters (lactones) is 1. The highest BCUT2D eigenvalue weighted by Crippen LogP contribution is 2.46. The first-order valence-corrected chi connectivity index (χ1v) is 15.6. The summed E-state index contributed by atoms with van der Waals surface area (Å²) in [6.45, 7) is 5.06. The van der Waals surface area contributed by atoms with E-state index in [-0.39, 0.29) is 34.7 Å². The van der Waals surface area contributed by atoms with Gasteiger partial charge >= 0.3 is 30.6 Å². The highest BCUT2D eigenvalue weighted by molar-refractivity contribution is 5.91. The minimum absolute atomic E-state index is 0.0255. The Labute approximate surface area is 285 Å². The Balaban J connectivity index is 1.56. The van der Waals surface area contributed by atoms with Crippen LogP contribution in [0.4, 0.5) is 48.7 Å². The van der Waals surface area contributed by atoms with Gasteiger partial charge in [-0.25, -0.2) is 14.0 Å². The lowest BCUT2D eigenvalue weighted by atomic mass is 9.72. The molecule has 15 heteroatoms. The Morgan fingerprint density at radius 1 is 0.882 bits per heavy atom. The zero-order valence-electron chi connectivity index (χ0n) is 27.5. The number of carbonyl (C=O) groups excluding carboxylic acids is 2. The molecule has 0 aromatic heterocycles. The number of hydrogen-bond acceptors (Lipinski definition) is 4. The quantitative estimate of drug-likeness (QED) is 0.187. The first-order chi connectivity index (χ1) is 23.5. The second-order valence-electron chi connectivity index (χ2n) is 13.4. The minimum atomic E-state index is -5.12. The summed E-state index contributed by atoms with van der Waals surface area (Å²) in [6.07, 6.45) is -16.5. The van der Waals surface area contributed by atoms with Gasteiger partial charge in [0.05, 0.1) is 35.4 Å². The molecule has 0 bridgehead atoms. The number of ether oxygens (including phenoxy) is 2. The van der Waals surface area contributed by atoms with E-state index >= 15 is 4.39 Å². The van der Waals surface area contributed by atoms with Crippen LogP contribution in [0.15, 0.2) is 60.2 Å². The lowest BCUT2D eigenvalue weighted by Crippen LogP contribution is -2.35. The molecule has 5 rings (SSSR count). The molecule has 3 aromatic carbocycles. The number of methoxy groups -OCH3 is 1. The predicted octanol–water partition coefficient (Wildman–Crippen LogP) is 10.9. The van der Waals surface area contributed by atoms with Crippen molar-refractivity contribution in [3.05, 3.63) is 99.4 Å². The van der Waals surface area contributed by atoms with Crippen molar-refractivity contribution < 1.29 is 63.0 Å². The van der Waals surface area contributed by atoms with Gasteiger partial charge in [0.2, 0.25) is 0 Å². The van der Waals surface area contributed by atoms with Gasteiger partial charge in [-0.1, -0.05) is 19.9 Å². The number of hydrogen-bond donors (Lipinski definition) is 0. The lowest BCUT2D eigenvalue weighted by molar-refractivity contribution is -0.143. The van der Waals surface area contributed by atoms with Gasteiger partial charge in [-0.05, 0) is 114 Å². The van der Waals surface area contributed by atoms with E-state index < -0.39 is 76.4 Å². The third-order valence-corrected chi connectivity index (χ3v) is 9.17. The highest BCUT2D eigenvalue weighted by Gasteiger charge is 2.44. The number of alkyl halides is 9. The Bertz CT molecular complexity index is 1860. The van der Waals surface area contributed by atoms with Crippen LogP contribution in [0.5, 0.6) is 0 Å². The van der Waals surface area contributed by atoms with E-state index in [2.05, 4.69) is 4.74 Å². The molecule has 0 saturated carbocycles. The van der Waals surface area contributed by atoms with Crippen molar-refractivity contribution in [3.63, 3.8) is 0 Å². The summed E-state index contributed by atoms with van der Waals surface area (Å²) in [5.74, 6) is -1.87. The van der Waals surface area contributed by atoms with Crippen LogP contribution in [-0.4, -0.2) is 36.7 Å². The molecule has 1 heterocycles. The Morgan fingerprint density at radius 2 is 1.49 bits per heavy atom. The number of rotatable bonds is 6. The molecule has 51 heavy (non-hydrogen) atoms. The van der Waals surface area contributed by atoms with Crippen LogP contribution in [0.25, 0.3) is 16.7 Å². The largest absolute Gasteiger partial charge is 0.465 e. The molecule has 0 radical (unpaired) electrons. The molecule has 274 valence electrons. The number of allylic oxidation sites excluding steroid dienone is 1. The van der Waals surface area contributed by atoms with Crippen molar-refractivity contribution in [3.8, 4) is 11.1 Å². The summed E-state index contributed by atoms with van der Waals surface area (Å²) in [5.41, 5.74) is -4.85. The van der Waals surface area contributed by atoms with Crippen molar-refractivity contribution in [1.82, 2.24) is 4.90 Å². The van der Waals surface area contributed by atoms with E-state index in [0.29, 0.717) is 48.6 Å². The van der Waals surface area contributed by atoms with Gasteiger partial charge in [-0.2, -0.15) is 39.5 Å². The van der Waals surface area contributed by atoms with Crippen molar-refractivity contribution in [1.29, 1.82) is 0 Å². The fraction of sp³-hybridized carbons (Fsp3) is 0.389. The fourth-order valence-corrected chi connectivity index (χ4v) is 6.62. The molecule has 0 unspecified atom stereocenters. The summed E-state index contributed by atoms with van der Waals surface area (Å²) in [5, 5.41) is 0. The molecule has 1 amide bonds. The van der Waals surface area contributed by atoms with E-state index in [1.165, 1.54) is 13.0 Å². The molecular weight excluding hydrogens is 700 g/mol. The Hall–Kier alpha value is -4.56. The summed E-state index contributed by atoms with van der Waals surface area (Å²) >= 11 is 0. The number of carbonyl (C=O) groups is 2. The zero-order chi connectivity index (χ0) is 37.8. The van der Waals surface area contributed by atoms with Gasteiger partial charge in [-0.15, -0.1) is 0 Å². The van der Waals surface area contributed by atoms with E-state index in [1.807, 2.05) is 13.8 Å². The van der Waals surface area contributed by atoms with Crippen LogP contribution >= 0.6 is 0 Å². The molecule has 1 fully saturated rings. The zero-order valence-corrected chi connectivity index (χ0v) is 27.5. The molecule has 1 aliphatic heterocycles. The molecule has 2 aliphatic rings. The number of nitrogens with zero attached hydrogens (tertiary/aromatic N) is 1. The molecule has 3 aromatic rings. The maximum atomic E-state index is 15.2. The molecule has 2 atom stereocenters. The third kappa shape index (κ3) is 8.01. The number of halogens is 10. The van der Waals surface area contributed by atoms with Gasteiger partial charge in [0.1, 0.15) is 11.9 Å². The SMILES string of the molecule is COC(=O)c1ccc(-c2cc(F)cc(C3=C(CN4C(=O)O[C@H](c5cc(C(F)(F)F)cc(C(F)(F)F)c5)[C@@H]4C)CC(C)(C)CC3)c2)c(C(F)(F)F)c1. The second kappa shape index (κ2) is 13.2. The molecule has 5 nitrogen and oxygen atoms in total. The van der Waals surface area contributed by atoms with E-state index in [4.69, 9.17) is 4.74 Å². The maximum absolute atomic E-state index is 15.2. The number of benzene rings is 3. The van der Waals surface area contributed by atoms with E-state index in [1.54, 1.807) is 0 Å². The van der Waals surface area contributed by atoms with Crippen molar-refractivity contribution in [2.75, 3.05) is 13.7 Å². The molecule has 1 aliphatic carbocycles. The van der Waals surface area contributed by atoms with Gasteiger partial charge in [0, 0.05) is 6.54 Å². The van der Waals surface area contributed by atoms with Crippen LogP contribution in [-0.2, 0) is 28.0 Å². The van der Waals surface area contributed by atoms with Crippen LogP contribution in [0, 0.1) is 11.2 Å². The van der Waals surface area contributed by atoms with Crippen molar-refractivity contribution in [2.45, 2.75) is 70.7 Å². The summed E-state index contributed by atoms with van der Waals surface area (Å²) in [7, 11) is 1.01. The summed E-state index contributed by atoms with van der Waals surface area (Å²) in [4.78, 5) is 26.3. The topological polar surface area (TPSA) is 55.8 Å². The smallest absolute Gasteiger partial charge is 0.417 e. The summed E-state index contributed by atoms with van der Waals surface area (Å²) in [6, 6.07) is 6.09. The third-order valence-electron chi connectivity index (χ3n) is 9.17. The van der Waals surface area contributed by atoms with Gasteiger partial charge in [0.15, 0.2) is 0 Å². The fourth-order valence-electron chi connectivity index (χ4n) is 6.62. The molecule has 1 saturated heterocycles. The molecule has 0 spiro atoms. The lowest BCUT2D eigenvalue weighted by Gasteiger charge is -2.35. The monoisotopic (exact) mass is 731 g/mol. The second-order valence-corrected chi connectivity index (χ2v) is 13.4. The number of amides is 1. The van der Waals surface area contributed by atoms with Gasteiger partial charge in [0.25, 0.3) is 0 Å². The summed E-state index contributed by atoms with van der Waals surface area (Å²) < 4.78 is 149. The first-order valence-electron chi connectivity index (χ1n) is 15.6. The highest BCUT2D eigenvalue weighted by atomic mass is 19.4. The van der Waals surface area contributed by atoms with Crippen molar-refractivity contribution >= 4 is 17.6 Å². The van der Waals surface area contributed by atoms with Crippen molar-refractivity contribution in [2.24, 2.45) is 5.41 Å². The Morgan fingerprint density at radius 3 is 2.06 bits per heavy atom. The van der Waals surface area contributed by atoms with Crippen LogP contribution < -0.4 is 0 Å².